The lowest BCUT2D eigenvalue weighted by Crippen LogP contribution is -2.15. The molecule has 0 amide bonds. The summed E-state index contributed by atoms with van der Waals surface area (Å²) in [6, 6.07) is 6.35. The molecule has 130 valence electrons. The molecule has 0 unspecified atom stereocenters. The minimum atomic E-state index is -4.25. The van der Waals surface area contributed by atoms with Crippen LogP contribution in [0, 0.1) is 5.82 Å². The van der Waals surface area contributed by atoms with Crippen LogP contribution in [-0.4, -0.2) is 29.7 Å². The molecule has 0 aliphatic carbocycles. The number of nitrogens with one attached hydrogen (secondary N) is 1. The molecule has 0 saturated heterocycles. The van der Waals surface area contributed by atoms with E-state index in [0.29, 0.717) is 5.02 Å². The van der Waals surface area contributed by atoms with Gasteiger partial charge in [-0.1, -0.05) is 11.6 Å². The molecule has 1 N–H and O–H groups in total. The molecular weight excluding hydrogens is 361 g/mol. The van der Waals surface area contributed by atoms with E-state index in [9.17, 15) is 12.8 Å². The van der Waals surface area contributed by atoms with Gasteiger partial charge in [-0.2, -0.15) is 0 Å². The monoisotopic (exact) mass is 375 g/mol. The molecule has 0 heterocycles. The molecule has 0 spiro atoms. The van der Waals surface area contributed by atoms with Gasteiger partial charge in [-0.05, 0) is 18.2 Å². The summed E-state index contributed by atoms with van der Waals surface area (Å²) in [6.07, 6.45) is 0. The van der Waals surface area contributed by atoms with E-state index >= 15 is 0 Å². The van der Waals surface area contributed by atoms with Crippen molar-refractivity contribution in [1.82, 2.24) is 0 Å². The number of hydrogen-bond donors (Lipinski definition) is 1. The molecule has 2 rings (SSSR count). The Kier molecular flexibility index (Phi) is 5.40. The molecule has 0 fully saturated rings. The Bertz CT molecular complexity index is 857. The minimum absolute atomic E-state index is 0.0780. The van der Waals surface area contributed by atoms with Crippen LogP contribution in [0.25, 0.3) is 0 Å². The molecule has 0 aliphatic heterocycles. The predicted molar refractivity (Wildman–Crippen MR) is 88.3 cm³/mol. The summed E-state index contributed by atoms with van der Waals surface area (Å²) in [5, 5.41) is 0.293. The smallest absolute Gasteiger partial charge is 0.265 e. The number of hydrogen-bond acceptors (Lipinski definition) is 5. The number of benzene rings is 2. The topological polar surface area (TPSA) is 73.9 Å². The van der Waals surface area contributed by atoms with Crippen LogP contribution in [0.5, 0.6) is 17.2 Å². The standard InChI is InChI=1S/C15H15ClFNO5S/c1-21-12-5-4-9(16)6-11(12)18-24(19,20)15-8-14(23-3)13(22-2)7-10(15)17/h4-8,18H,1-3H3. The van der Waals surface area contributed by atoms with Crippen molar-refractivity contribution in [2.45, 2.75) is 4.90 Å². The van der Waals surface area contributed by atoms with Gasteiger partial charge in [0.2, 0.25) is 0 Å². The largest absolute Gasteiger partial charge is 0.495 e. The van der Waals surface area contributed by atoms with Gasteiger partial charge < -0.3 is 14.2 Å². The molecule has 6 nitrogen and oxygen atoms in total. The third-order valence-electron chi connectivity index (χ3n) is 3.13. The van der Waals surface area contributed by atoms with E-state index in [1.807, 2.05) is 0 Å². The molecular formula is C15H15ClFNO5S. The Labute approximate surface area is 144 Å². The maximum atomic E-state index is 14.2. The highest BCUT2D eigenvalue weighted by Crippen LogP contribution is 2.34. The second-order valence-corrected chi connectivity index (χ2v) is 6.67. The van der Waals surface area contributed by atoms with Crippen molar-refractivity contribution in [1.29, 1.82) is 0 Å². The van der Waals surface area contributed by atoms with E-state index in [2.05, 4.69) is 4.72 Å². The van der Waals surface area contributed by atoms with Crippen LogP contribution in [0.3, 0.4) is 0 Å². The zero-order valence-electron chi connectivity index (χ0n) is 13.1. The predicted octanol–water partition coefficient (Wildman–Crippen LogP) is 3.31. The van der Waals surface area contributed by atoms with Crippen LogP contribution >= 0.6 is 11.6 Å². The lowest BCUT2D eigenvalue weighted by atomic mass is 10.3. The third-order valence-corrected chi connectivity index (χ3v) is 4.75. The molecule has 0 aliphatic rings. The van der Waals surface area contributed by atoms with Gasteiger partial charge in [0, 0.05) is 17.2 Å². The number of sulfonamides is 1. The number of rotatable bonds is 6. The highest BCUT2D eigenvalue weighted by atomic mass is 35.5. The van der Waals surface area contributed by atoms with Crippen molar-refractivity contribution in [2.24, 2.45) is 0 Å². The highest BCUT2D eigenvalue weighted by Gasteiger charge is 2.24. The summed E-state index contributed by atoms with van der Waals surface area (Å²) >= 11 is 5.87. The summed E-state index contributed by atoms with van der Waals surface area (Å²) in [7, 11) is -0.238. The van der Waals surface area contributed by atoms with Crippen LogP contribution in [0.1, 0.15) is 0 Å². The third kappa shape index (κ3) is 3.65. The van der Waals surface area contributed by atoms with Gasteiger partial charge in [0.15, 0.2) is 11.5 Å². The Morgan fingerprint density at radius 2 is 1.54 bits per heavy atom. The Morgan fingerprint density at radius 1 is 0.958 bits per heavy atom. The molecule has 0 saturated carbocycles. The second kappa shape index (κ2) is 7.14. The fourth-order valence-corrected chi connectivity index (χ4v) is 3.31. The molecule has 2 aromatic carbocycles. The van der Waals surface area contributed by atoms with Crippen molar-refractivity contribution in [3.05, 3.63) is 41.2 Å². The first-order valence-corrected chi connectivity index (χ1v) is 8.46. The highest BCUT2D eigenvalue weighted by molar-refractivity contribution is 7.92. The average Bonchev–Trinajstić information content (AvgIpc) is 2.54. The van der Waals surface area contributed by atoms with Crippen molar-refractivity contribution >= 4 is 27.3 Å². The lowest BCUT2D eigenvalue weighted by molar-refractivity contribution is 0.350. The Balaban J connectivity index is 2.50. The van der Waals surface area contributed by atoms with Crippen LogP contribution in [0.4, 0.5) is 10.1 Å². The number of ether oxygens (including phenoxy) is 3. The molecule has 24 heavy (non-hydrogen) atoms. The van der Waals surface area contributed by atoms with Gasteiger partial charge in [-0.15, -0.1) is 0 Å². The number of methoxy groups -OCH3 is 3. The van der Waals surface area contributed by atoms with Gasteiger partial charge in [0.25, 0.3) is 10.0 Å². The first-order chi connectivity index (χ1) is 11.3. The average molecular weight is 376 g/mol. The molecule has 2 aromatic rings. The van der Waals surface area contributed by atoms with Crippen molar-refractivity contribution in [3.63, 3.8) is 0 Å². The van der Waals surface area contributed by atoms with Crippen molar-refractivity contribution < 1.29 is 27.0 Å². The normalized spacial score (nSPS) is 11.0. The number of halogens is 2. The van der Waals surface area contributed by atoms with E-state index in [-0.39, 0.29) is 22.9 Å². The maximum absolute atomic E-state index is 14.2. The molecule has 0 radical (unpaired) electrons. The molecule has 0 bridgehead atoms. The lowest BCUT2D eigenvalue weighted by Gasteiger charge is -2.14. The summed E-state index contributed by atoms with van der Waals surface area (Å²) in [5.41, 5.74) is 0.0826. The van der Waals surface area contributed by atoms with Crippen molar-refractivity contribution in [2.75, 3.05) is 26.1 Å². The summed E-state index contributed by atoms with van der Waals surface area (Å²) in [4.78, 5) is -0.595. The summed E-state index contributed by atoms with van der Waals surface area (Å²) < 4.78 is 56.5. The molecule has 0 atom stereocenters. The van der Waals surface area contributed by atoms with Gasteiger partial charge >= 0.3 is 0 Å². The van der Waals surface area contributed by atoms with Gasteiger partial charge in [0.1, 0.15) is 16.5 Å². The quantitative estimate of drug-likeness (QED) is 0.838. The molecule has 0 aromatic heterocycles. The van der Waals surface area contributed by atoms with Crippen LogP contribution < -0.4 is 18.9 Å². The fraction of sp³-hybridized carbons (Fsp3) is 0.200. The van der Waals surface area contributed by atoms with Crippen molar-refractivity contribution in [3.8, 4) is 17.2 Å². The number of anilines is 1. The maximum Gasteiger partial charge on any atom is 0.265 e. The first kappa shape index (κ1) is 18.2. The van der Waals surface area contributed by atoms with Gasteiger partial charge in [0.05, 0.1) is 27.0 Å². The van der Waals surface area contributed by atoms with E-state index in [4.69, 9.17) is 25.8 Å². The minimum Gasteiger partial charge on any atom is -0.495 e. The molecule has 9 heteroatoms. The van der Waals surface area contributed by atoms with Crippen LogP contribution in [0.2, 0.25) is 5.02 Å². The second-order valence-electron chi connectivity index (χ2n) is 4.59. The van der Waals surface area contributed by atoms with E-state index in [0.717, 1.165) is 12.1 Å². The van der Waals surface area contributed by atoms with Crippen LogP contribution in [0.15, 0.2) is 35.2 Å². The SMILES string of the molecule is COc1ccc(Cl)cc1NS(=O)(=O)c1cc(OC)c(OC)cc1F. The fourth-order valence-electron chi connectivity index (χ4n) is 2.00. The van der Waals surface area contributed by atoms with Gasteiger partial charge in [-0.25, -0.2) is 12.8 Å². The van der Waals surface area contributed by atoms with Crippen LogP contribution in [-0.2, 0) is 10.0 Å². The van der Waals surface area contributed by atoms with Gasteiger partial charge in [-0.3, -0.25) is 4.72 Å². The Morgan fingerprint density at radius 3 is 2.12 bits per heavy atom. The Hall–Kier alpha value is -2.19. The van der Waals surface area contributed by atoms with E-state index in [1.54, 1.807) is 0 Å². The summed E-state index contributed by atoms with van der Waals surface area (Å²) in [6.45, 7) is 0. The summed E-state index contributed by atoms with van der Waals surface area (Å²) in [5.74, 6) is -0.586. The zero-order valence-corrected chi connectivity index (χ0v) is 14.7. The zero-order chi connectivity index (χ0) is 17.9. The van der Waals surface area contributed by atoms with E-state index < -0.39 is 20.7 Å². The van der Waals surface area contributed by atoms with E-state index in [1.165, 1.54) is 39.5 Å². The first-order valence-electron chi connectivity index (χ1n) is 6.60.